The molecule has 2 heterocycles. The van der Waals surface area contributed by atoms with Crippen molar-refractivity contribution in [3.63, 3.8) is 0 Å². The third kappa shape index (κ3) is 2.91. The average Bonchev–Trinajstić information content (AvgIpc) is 2.92. The van der Waals surface area contributed by atoms with Crippen LogP contribution in [0.5, 0.6) is 0 Å². The van der Waals surface area contributed by atoms with Gasteiger partial charge in [-0.2, -0.15) is 0 Å². The molecule has 0 bridgehead atoms. The van der Waals surface area contributed by atoms with Crippen molar-refractivity contribution in [2.75, 3.05) is 12.3 Å². The Bertz CT molecular complexity index is 490. The minimum atomic E-state index is 0.661. The van der Waals surface area contributed by atoms with Gasteiger partial charge in [0, 0.05) is 24.4 Å². The minimum Gasteiger partial charge on any atom is -0.468 e. The number of nitrogens with two attached hydrogens (primary N) is 1. The summed E-state index contributed by atoms with van der Waals surface area (Å²) in [5, 5.41) is 2.71. The van der Waals surface area contributed by atoms with Crippen molar-refractivity contribution in [2.45, 2.75) is 31.8 Å². The molecule has 0 unspecified atom stereocenters. The highest BCUT2D eigenvalue weighted by Gasteiger charge is 2.29. The van der Waals surface area contributed by atoms with Crippen LogP contribution in [0.25, 0.3) is 0 Å². The predicted molar refractivity (Wildman–Crippen MR) is 72.4 cm³/mol. The van der Waals surface area contributed by atoms with E-state index in [0.29, 0.717) is 5.13 Å². The highest BCUT2D eigenvalue weighted by atomic mass is 32.1. The maximum atomic E-state index is 5.65. The monoisotopic (exact) mass is 263 g/mol. The van der Waals surface area contributed by atoms with E-state index < -0.39 is 0 Å². The maximum Gasteiger partial charge on any atom is 0.180 e. The summed E-state index contributed by atoms with van der Waals surface area (Å²) >= 11 is 1.52. The van der Waals surface area contributed by atoms with Crippen LogP contribution in [0.2, 0.25) is 0 Å². The molecule has 18 heavy (non-hydrogen) atoms. The molecule has 0 atom stereocenters. The van der Waals surface area contributed by atoms with E-state index in [1.54, 1.807) is 6.26 Å². The van der Waals surface area contributed by atoms with Crippen LogP contribution in [0.15, 0.2) is 28.2 Å². The summed E-state index contributed by atoms with van der Waals surface area (Å²) < 4.78 is 5.42. The summed E-state index contributed by atoms with van der Waals surface area (Å²) in [5.74, 6) is 1.04. The highest BCUT2D eigenvalue weighted by Crippen LogP contribution is 2.28. The number of nitrogen functional groups attached to an aromatic ring is 1. The third-order valence-corrected chi connectivity index (χ3v) is 3.95. The Hall–Kier alpha value is -1.33. The van der Waals surface area contributed by atoms with Crippen LogP contribution in [0.4, 0.5) is 5.13 Å². The van der Waals surface area contributed by atoms with Crippen molar-refractivity contribution in [3.8, 4) is 0 Å². The molecule has 3 rings (SSSR count). The number of anilines is 1. The van der Waals surface area contributed by atoms with Crippen molar-refractivity contribution in [1.82, 2.24) is 9.88 Å². The van der Waals surface area contributed by atoms with E-state index in [2.05, 4.69) is 9.88 Å². The number of thiazole rings is 1. The van der Waals surface area contributed by atoms with Crippen molar-refractivity contribution >= 4 is 16.5 Å². The zero-order valence-corrected chi connectivity index (χ0v) is 11.0. The molecule has 0 spiro atoms. The highest BCUT2D eigenvalue weighted by molar-refractivity contribution is 7.13. The van der Waals surface area contributed by atoms with Crippen LogP contribution in [0.3, 0.4) is 0 Å². The average molecular weight is 263 g/mol. The molecule has 0 saturated heterocycles. The van der Waals surface area contributed by atoms with Gasteiger partial charge in [0.2, 0.25) is 0 Å². The first-order chi connectivity index (χ1) is 8.81. The zero-order chi connectivity index (χ0) is 12.4. The van der Waals surface area contributed by atoms with Crippen molar-refractivity contribution in [3.05, 3.63) is 35.2 Å². The minimum absolute atomic E-state index is 0.661. The summed E-state index contributed by atoms with van der Waals surface area (Å²) in [4.78, 5) is 6.79. The van der Waals surface area contributed by atoms with Gasteiger partial charge in [-0.1, -0.05) is 0 Å². The number of hydrogen-bond donors (Lipinski definition) is 1. The smallest absolute Gasteiger partial charge is 0.180 e. The number of aromatic nitrogens is 1. The Morgan fingerprint density at radius 3 is 3.00 bits per heavy atom. The van der Waals surface area contributed by atoms with E-state index >= 15 is 0 Å². The third-order valence-electron chi connectivity index (χ3n) is 3.23. The molecule has 4 nitrogen and oxygen atoms in total. The molecular weight excluding hydrogens is 246 g/mol. The van der Waals surface area contributed by atoms with Crippen molar-refractivity contribution < 1.29 is 4.42 Å². The SMILES string of the molecule is Nc1nc(CCN(Cc2ccco2)C2CC2)cs1. The molecule has 2 aromatic heterocycles. The number of hydrogen-bond acceptors (Lipinski definition) is 5. The van der Waals surface area contributed by atoms with Gasteiger partial charge >= 0.3 is 0 Å². The Morgan fingerprint density at radius 1 is 1.50 bits per heavy atom. The van der Waals surface area contributed by atoms with E-state index in [0.717, 1.165) is 37.0 Å². The van der Waals surface area contributed by atoms with Crippen LogP contribution >= 0.6 is 11.3 Å². The molecule has 1 aliphatic carbocycles. The number of nitrogens with zero attached hydrogens (tertiary/aromatic N) is 2. The fourth-order valence-corrected chi connectivity index (χ4v) is 2.73. The van der Waals surface area contributed by atoms with Gasteiger partial charge in [-0.15, -0.1) is 11.3 Å². The Morgan fingerprint density at radius 2 is 2.39 bits per heavy atom. The standard InChI is InChI=1S/C13H17N3OS/c14-13-15-10(9-18-13)5-6-16(11-3-4-11)8-12-2-1-7-17-12/h1-2,7,9,11H,3-6,8H2,(H2,14,15). The van der Waals surface area contributed by atoms with E-state index in [9.17, 15) is 0 Å². The van der Waals surface area contributed by atoms with Gasteiger partial charge in [0.25, 0.3) is 0 Å². The first kappa shape index (κ1) is 11.7. The summed E-state index contributed by atoms with van der Waals surface area (Å²) in [5.41, 5.74) is 6.75. The van der Waals surface area contributed by atoms with Gasteiger partial charge < -0.3 is 10.2 Å². The lowest BCUT2D eigenvalue weighted by atomic mass is 10.3. The first-order valence-electron chi connectivity index (χ1n) is 6.27. The molecule has 1 saturated carbocycles. The first-order valence-corrected chi connectivity index (χ1v) is 7.15. The Labute approximate surface area is 110 Å². The normalized spacial score (nSPS) is 15.4. The molecule has 96 valence electrons. The number of furan rings is 1. The van der Waals surface area contributed by atoms with Gasteiger partial charge in [-0.3, -0.25) is 4.90 Å². The summed E-state index contributed by atoms with van der Waals surface area (Å²) in [6.45, 7) is 1.92. The lowest BCUT2D eigenvalue weighted by Crippen LogP contribution is -2.27. The van der Waals surface area contributed by atoms with Gasteiger partial charge in [-0.25, -0.2) is 4.98 Å². The summed E-state index contributed by atoms with van der Waals surface area (Å²) in [6, 6.07) is 4.71. The summed E-state index contributed by atoms with van der Waals surface area (Å²) in [6.07, 6.45) is 5.31. The predicted octanol–water partition coefficient (Wildman–Crippen LogP) is 2.53. The molecular formula is C13H17N3OS. The zero-order valence-electron chi connectivity index (χ0n) is 10.2. The van der Waals surface area contributed by atoms with E-state index in [4.69, 9.17) is 10.2 Å². The fourth-order valence-electron chi connectivity index (χ4n) is 2.13. The van der Waals surface area contributed by atoms with Crippen LogP contribution in [0, 0.1) is 0 Å². The van der Waals surface area contributed by atoms with Gasteiger partial charge in [0.15, 0.2) is 5.13 Å². The molecule has 0 radical (unpaired) electrons. The van der Waals surface area contributed by atoms with Gasteiger partial charge in [0.05, 0.1) is 18.5 Å². The Balaban J connectivity index is 1.57. The lowest BCUT2D eigenvalue weighted by molar-refractivity contribution is 0.236. The molecule has 0 aliphatic heterocycles. The quantitative estimate of drug-likeness (QED) is 0.870. The molecule has 5 heteroatoms. The molecule has 1 aliphatic rings. The largest absolute Gasteiger partial charge is 0.468 e. The van der Waals surface area contributed by atoms with Gasteiger partial charge in [-0.05, 0) is 25.0 Å². The second-order valence-corrected chi connectivity index (χ2v) is 5.60. The second kappa shape index (κ2) is 5.12. The van der Waals surface area contributed by atoms with E-state index in [1.165, 1.54) is 24.2 Å². The van der Waals surface area contributed by atoms with Crippen molar-refractivity contribution in [1.29, 1.82) is 0 Å². The van der Waals surface area contributed by atoms with E-state index in [1.807, 2.05) is 17.5 Å². The molecule has 1 fully saturated rings. The molecule has 2 aromatic rings. The van der Waals surface area contributed by atoms with Crippen LogP contribution in [-0.2, 0) is 13.0 Å². The topological polar surface area (TPSA) is 55.3 Å². The lowest BCUT2D eigenvalue weighted by Gasteiger charge is -2.20. The second-order valence-electron chi connectivity index (χ2n) is 4.71. The molecule has 0 amide bonds. The van der Waals surface area contributed by atoms with Crippen LogP contribution < -0.4 is 5.73 Å². The van der Waals surface area contributed by atoms with E-state index in [-0.39, 0.29) is 0 Å². The van der Waals surface area contributed by atoms with Crippen LogP contribution in [0.1, 0.15) is 24.3 Å². The van der Waals surface area contributed by atoms with Crippen LogP contribution in [-0.4, -0.2) is 22.5 Å². The molecule has 2 N–H and O–H groups in total. The summed E-state index contributed by atoms with van der Waals surface area (Å²) in [7, 11) is 0. The molecule has 0 aromatic carbocycles. The fraction of sp³-hybridized carbons (Fsp3) is 0.462. The van der Waals surface area contributed by atoms with Crippen molar-refractivity contribution in [2.24, 2.45) is 0 Å². The maximum absolute atomic E-state index is 5.65. The number of rotatable bonds is 6. The Kier molecular flexibility index (Phi) is 3.34. The van der Waals surface area contributed by atoms with Gasteiger partial charge in [0.1, 0.15) is 5.76 Å².